The highest BCUT2D eigenvalue weighted by molar-refractivity contribution is 5.71. The van der Waals surface area contributed by atoms with Gasteiger partial charge in [-0.1, -0.05) is 37.0 Å². The van der Waals surface area contributed by atoms with Crippen molar-refractivity contribution in [3.05, 3.63) is 41.5 Å². The lowest BCUT2D eigenvalue weighted by atomic mass is 9.83. The second-order valence-corrected chi connectivity index (χ2v) is 7.54. The Morgan fingerprint density at radius 2 is 1.96 bits per heavy atom. The first kappa shape index (κ1) is 18.6. The molecule has 1 fully saturated rings. The van der Waals surface area contributed by atoms with E-state index >= 15 is 0 Å². The molecule has 0 aromatic heterocycles. The molecule has 0 N–H and O–H groups in total. The van der Waals surface area contributed by atoms with Gasteiger partial charge in [-0.25, -0.2) is 0 Å². The minimum absolute atomic E-state index is 0.138. The van der Waals surface area contributed by atoms with Gasteiger partial charge in [0.25, 0.3) is 0 Å². The topological polar surface area (TPSA) is 35.5 Å². The van der Waals surface area contributed by atoms with Crippen molar-refractivity contribution in [1.82, 2.24) is 0 Å². The SMILES string of the molecule is CC#C[C@@H](CC(=O)OC)c1ccc(OCC2=CCC3(CCCC3)C2)cc1. The van der Waals surface area contributed by atoms with Crippen LogP contribution in [0.1, 0.15) is 63.4 Å². The number of ether oxygens (including phenoxy) is 2. The van der Waals surface area contributed by atoms with Crippen LogP contribution in [0.3, 0.4) is 0 Å². The molecule has 0 radical (unpaired) electrons. The fraction of sp³-hybridized carbons (Fsp3) is 0.522. The van der Waals surface area contributed by atoms with E-state index in [2.05, 4.69) is 17.9 Å². The Labute approximate surface area is 156 Å². The predicted octanol–water partition coefficient (Wildman–Crippen LogP) is 5.02. The fourth-order valence-electron chi connectivity index (χ4n) is 4.25. The zero-order chi connectivity index (χ0) is 18.4. The smallest absolute Gasteiger partial charge is 0.307 e. The molecule has 138 valence electrons. The van der Waals surface area contributed by atoms with Gasteiger partial charge in [0.1, 0.15) is 12.4 Å². The van der Waals surface area contributed by atoms with Crippen molar-refractivity contribution in [2.24, 2.45) is 5.41 Å². The molecule has 0 heterocycles. The lowest BCUT2D eigenvalue weighted by Gasteiger charge is -2.22. The van der Waals surface area contributed by atoms with Crippen molar-refractivity contribution in [1.29, 1.82) is 0 Å². The standard InChI is InChI=1S/C23H28O3/c1-3-6-20(15-22(24)25-2)19-7-9-21(10-8-19)26-17-18-11-14-23(16-18)12-4-5-13-23/h7-11,20H,4-5,12-17H2,1-2H3/t20-/m0/s1. The van der Waals surface area contributed by atoms with Gasteiger partial charge in [-0.3, -0.25) is 4.79 Å². The summed E-state index contributed by atoms with van der Waals surface area (Å²) in [7, 11) is 1.41. The minimum Gasteiger partial charge on any atom is -0.489 e. The molecule has 3 rings (SSSR count). The van der Waals surface area contributed by atoms with Gasteiger partial charge in [-0.05, 0) is 61.3 Å². The monoisotopic (exact) mass is 352 g/mol. The number of carbonyl (C=O) groups excluding carboxylic acids is 1. The number of rotatable bonds is 6. The van der Waals surface area contributed by atoms with Gasteiger partial charge < -0.3 is 9.47 Å². The molecule has 0 unspecified atom stereocenters. The fourth-order valence-corrected chi connectivity index (χ4v) is 4.25. The largest absolute Gasteiger partial charge is 0.489 e. The van der Waals surface area contributed by atoms with Crippen molar-refractivity contribution in [3.63, 3.8) is 0 Å². The summed E-state index contributed by atoms with van der Waals surface area (Å²) in [6.45, 7) is 2.47. The van der Waals surface area contributed by atoms with Crippen molar-refractivity contribution in [3.8, 4) is 17.6 Å². The van der Waals surface area contributed by atoms with Crippen molar-refractivity contribution in [2.45, 2.75) is 57.8 Å². The highest BCUT2D eigenvalue weighted by Crippen LogP contribution is 2.49. The molecule has 1 aromatic rings. The first-order valence-corrected chi connectivity index (χ1v) is 9.54. The maximum atomic E-state index is 11.6. The van der Waals surface area contributed by atoms with Gasteiger partial charge in [-0.15, -0.1) is 5.92 Å². The molecule has 0 bridgehead atoms. The number of esters is 1. The second-order valence-electron chi connectivity index (χ2n) is 7.54. The molecule has 0 saturated heterocycles. The maximum absolute atomic E-state index is 11.6. The van der Waals surface area contributed by atoms with Crippen LogP contribution in [0.4, 0.5) is 0 Å². The van der Waals surface area contributed by atoms with Crippen LogP contribution in [-0.2, 0) is 9.53 Å². The molecule has 1 spiro atoms. The van der Waals surface area contributed by atoms with Gasteiger partial charge in [0, 0.05) is 0 Å². The molecule has 2 aliphatic carbocycles. The summed E-state index contributed by atoms with van der Waals surface area (Å²) in [5.74, 6) is 6.47. The van der Waals surface area contributed by atoms with E-state index in [9.17, 15) is 4.79 Å². The Hall–Kier alpha value is -2.21. The van der Waals surface area contributed by atoms with E-state index in [1.54, 1.807) is 6.92 Å². The number of methoxy groups -OCH3 is 1. The van der Waals surface area contributed by atoms with E-state index in [0.717, 1.165) is 11.3 Å². The van der Waals surface area contributed by atoms with Gasteiger partial charge >= 0.3 is 5.97 Å². The summed E-state index contributed by atoms with van der Waals surface area (Å²) < 4.78 is 10.8. The van der Waals surface area contributed by atoms with E-state index in [1.165, 1.54) is 51.2 Å². The van der Waals surface area contributed by atoms with E-state index in [-0.39, 0.29) is 18.3 Å². The number of benzene rings is 1. The van der Waals surface area contributed by atoms with Gasteiger partial charge in [0.15, 0.2) is 0 Å². The Balaban J connectivity index is 1.55. The van der Waals surface area contributed by atoms with Crippen molar-refractivity contribution < 1.29 is 14.3 Å². The number of allylic oxidation sites excluding steroid dienone is 1. The van der Waals surface area contributed by atoms with Crippen LogP contribution in [0.15, 0.2) is 35.9 Å². The van der Waals surface area contributed by atoms with E-state index in [0.29, 0.717) is 12.0 Å². The van der Waals surface area contributed by atoms with E-state index < -0.39 is 0 Å². The summed E-state index contributed by atoms with van der Waals surface area (Å²) in [5, 5.41) is 0. The lowest BCUT2D eigenvalue weighted by Crippen LogP contribution is -2.12. The third-order valence-electron chi connectivity index (χ3n) is 5.71. The average molecular weight is 352 g/mol. The third-order valence-corrected chi connectivity index (χ3v) is 5.71. The first-order chi connectivity index (χ1) is 12.6. The molecular formula is C23H28O3. The predicted molar refractivity (Wildman–Crippen MR) is 103 cm³/mol. The Morgan fingerprint density at radius 3 is 2.62 bits per heavy atom. The van der Waals surface area contributed by atoms with Gasteiger partial charge in [0.05, 0.1) is 19.4 Å². The normalized spacial score (nSPS) is 18.8. The Kier molecular flexibility index (Phi) is 6.04. The van der Waals surface area contributed by atoms with Crippen LogP contribution >= 0.6 is 0 Å². The van der Waals surface area contributed by atoms with Crippen LogP contribution in [0.2, 0.25) is 0 Å². The number of hydrogen-bond donors (Lipinski definition) is 0. The summed E-state index contributed by atoms with van der Waals surface area (Å²) >= 11 is 0. The molecule has 1 aromatic carbocycles. The van der Waals surface area contributed by atoms with E-state index in [4.69, 9.17) is 9.47 Å². The maximum Gasteiger partial charge on any atom is 0.307 e. The molecule has 3 nitrogen and oxygen atoms in total. The van der Waals surface area contributed by atoms with Crippen molar-refractivity contribution in [2.75, 3.05) is 13.7 Å². The Bertz CT molecular complexity index is 712. The number of carbonyl (C=O) groups is 1. The summed E-state index contributed by atoms with van der Waals surface area (Å²) in [6, 6.07) is 7.93. The van der Waals surface area contributed by atoms with Crippen molar-refractivity contribution >= 4 is 5.97 Å². The quantitative estimate of drug-likeness (QED) is 0.410. The van der Waals surface area contributed by atoms with Crippen LogP contribution in [0.5, 0.6) is 5.75 Å². The number of hydrogen-bond acceptors (Lipinski definition) is 3. The molecule has 1 saturated carbocycles. The summed E-state index contributed by atoms with van der Waals surface area (Å²) in [6.07, 6.45) is 10.6. The second kappa shape index (κ2) is 8.45. The third kappa shape index (κ3) is 4.49. The lowest BCUT2D eigenvalue weighted by molar-refractivity contribution is -0.140. The van der Waals surface area contributed by atoms with Crippen LogP contribution in [0, 0.1) is 17.3 Å². The summed E-state index contributed by atoms with van der Waals surface area (Å²) in [4.78, 5) is 11.6. The molecular weight excluding hydrogens is 324 g/mol. The zero-order valence-electron chi connectivity index (χ0n) is 15.8. The van der Waals surface area contributed by atoms with Gasteiger partial charge in [0.2, 0.25) is 0 Å². The molecule has 0 aliphatic heterocycles. The minimum atomic E-state index is -0.243. The van der Waals surface area contributed by atoms with Gasteiger partial charge in [-0.2, -0.15) is 0 Å². The summed E-state index contributed by atoms with van der Waals surface area (Å²) in [5.41, 5.74) is 3.01. The van der Waals surface area contributed by atoms with Crippen LogP contribution in [0.25, 0.3) is 0 Å². The molecule has 2 aliphatic rings. The average Bonchev–Trinajstić information content (AvgIpc) is 3.29. The highest BCUT2D eigenvalue weighted by atomic mass is 16.5. The van der Waals surface area contributed by atoms with Crippen LogP contribution in [-0.4, -0.2) is 19.7 Å². The highest BCUT2D eigenvalue weighted by Gasteiger charge is 2.36. The zero-order valence-corrected chi connectivity index (χ0v) is 15.8. The first-order valence-electron chi connectivity index (χ1n) is 9.54. The van der Waals surface area contributed by atoms with E-state index in [1.807, 2.05) is 24.3 Å². The molecule has 3 heteroatoms. The molecule has 26 heavy (non-hydrogen) atoms. The molecule has 1 atom stereocenters. The van der Waals surface area contributed by atoms with Crippen LogP contribution < -0.4 is 4.74 Å². The molecule has 0 amide bonds. The Morgan fingerprint density at radius 1 is 1.23 bits per heavy atom.